The van der Waals surface area contributed by atoms with Crippen molar-refractivity contribution in [1.29, 1.82) is 0 Å². The zero-order valence-electron chi connectivity index (χ0n) is 6.06. The van der Waals surface area contributed by atoms with Crippen LogP contribution in [0.2, 0.25) is 0 Å². The second-order valence-electron chi connectivity index (χ2n) is 2.48. The van der Waals surface area contributed by atoms with Crippen molar-refractivity contribution in [2.75, 3.05) is 0 Å². The number of hydrogen-bond acceptors (Lipinski definition) is 0. The summed E-state index contributed by atoms with van der Waals surface area (Å²) in [7, 11) is 0. The van der Waals surface area contributed by atoms with Crippen LogP contribution in [0.3, 0.4) is 0 Å². The van der Waals surface area contributed by atoms with Gasteiger partial charge in [0.15, 0.2) is 0 Å². The highest BCUT2D eigenvalue weighted by atomic mass is 14.0. The third-order valence-electron chi connectivity index (χ3n) is 1.63. The fourth-order valence-corrected chi connectivity index (χ4v) is 1.17. The summed E-state index contributed by atoms with van der Waals surface area (Å²) >= 11 is 0. The molecule has 0 fully saturated rings. The van der Waals surface area contributed by atoms with Crippen LogP contribution in [0.25, 0.3) is 0 Å². The molecule has 1 aliphatic carbocycles. The van der Waals surface area contributed by atoms with Crippen LogP contribution in [0.4, 0.5) is 0 Å². The van der Waals surface area contributed by atoms with Crippen molar-refractivity contribution in [2.24, 2.45) is 0 Å². The molecule has 1 rings (SSSR count). The first-order valence-corrected chi connectivity index (χ1v) is 3.79. The smallest absolute Gasteiger partial charge is 0.0279 e. The summed E-state index contributed by atoms with van der Waals surface area (Å²) in [4.78, 5) is 0. The number of allylic oxidation sites excluding steroid dienone is 4. The zero-order valence-corrected chi connectivity index (χ0v) is 6.06. The molecule has 0 heterocycles. The van der Waals surface area contributed by atoms with Gasteiger partial charge < -0.3 is 0 Å². The largest absolute Gasteiger partial charge is 0.0843 e. The van der Waals surface area contributed by atoms with E-state index in [1.165, 1.54) is 31.3 Å². The van der Waals surface area contributed by atoms with Crippen LogP contribution < -0.4 is 0 Å². The van der Waals surface area contributed by atoms with Crippen LogP contribution in [0.5, 0.6) is 0 Å². The van der Waals surface area contributed by atoms with Crippen LogP contribution in [0.1, 0.15) is 32.6 Å². The third kappa shape index (κ3) is 2.05. The fraction of sp³-hybridized carbons (Fsp3) is 0.556. The molecule has 0 atom stereocenters. The Morgan fingerprint density at radius 3 is 3.11 bits per heavy atom. The summed E-state index contributed by atoms with van der Waals surface area (Å²) in [5, 5.41) is 0. The molecule has 0 radical (unpaired) electrons. The molecule has 0 aliphatic heterocycles. The van der Waals surface area contributed by atoms with Crippen molar-refractivity contribution in [1.82, 2.24) is 0 Å². The van der Waals surface area contributed by atoms with E-state index in [0.29, 0.717) is 0 Å². The molecule has 9 heavy (non-hydrogen) atoms. The topological polar surface area (TPSA) is 0 Å². The van der Waals surface area contributed by atoms with E-state index in [4.69, 9.17) is 0 Å². The van der Waals surface area contributed by atoms with Gasteiger partial charge in [-0.2, -0.15) is 0 Å². The van der Waals surface area contributed by atoms with Gasteiger partial charge in [0.25, 0.3) is 0 Å². The maximum Gasteiger partial charge on any atom is -0.0279 e. The average molecular weight is 122 g/mol. The molecule has 0 saturated heterocycles. The highest BCUT2D eigenvalue weighted by Gasteiger charge is 1.95. The Morgan fingerprint density at radius 1 is 1.67 bits per heavy atom. The number of rotatable bonds is 1. The predicted molar refractivity (Wildman–Crippen MR) is 41.4 cm³/mol. The predicted octanol–water partition coefficient (Wildman–Crippen LogP) is 3.06. The minimum Gasteiger partial charge on any atom is -0.0843 e. The fourth-order valence-electron chi connectivity index (χ4n) is 1.17. The number of hydrogen-bond donors (Lipinski definition) is 0. The monoisotopic (exact) mass is 122 g/mol. The summed E-state index contributed by atoms with van der Waals surface area (Å²) in [6, 6.07) is 0. The van der Waals surface area contributed by atoms with Gasteiger partial charge in [0, 0.05) is 0 Å². The highest BCUT2D eigenvalue weighted by Crippen LogP contribution is 2.15. The first-order chi connectivity index (χ1) is 4.43. The normalized spacial score (nSPS) is 23.0. The maximum absolute atomic E-state index is 2.32. The lowest BCUT2D eigenvalue weighted by Crippen LogP contribution is -1.85. The molecule has 1 aliphatic rings. The molecule has 0 aromatic rings. The Bertz CT molecular complexity index is 129. The quantitative estimate of drug-likeness (QED) is 0.501. The van der Waals surface area contributed by atoms with Crippen molar-refractivity contribution in [2.45, 2.75) is 32.6 Å². The molecular formula is C9H14. The van der Waals surface area contributed by atoms with E-state index in [9.17, 15) is 0 Å². The van der Waals surface area contributed by atoms with E-state index in [2.05, 4.69) is 25.2 Å². The summed E-state index contributed by atoms with van der Waals surface area (Å²) in [5.41, 5.74) is 1.53. The lowest BCUT2D eigenvalue weighted by atomic mass is 10.0. The van der Waals surface area contributed by atoms with Gasteiger partial charge in [-0.25, -0.2) is 0 Å². The average Bonchev–Trinajstić information content (AvgIpc) is 1.91. The van der Waals surface area contributed by atoms with Crippen LogP contribution >= 0.6 is 0 Å². The van der Waals surface area contributed by atoms with Gasteiger partial charge in [-0.15, -0.1) is 0 Å². The van der Waals surface area contributed by atoms with E-state index in [-0.39, 0.29) is 0 Å². The molecule has 0 N–H and O–H groups in total. The molecule has 0 heteroatoms. The van der Waals surface area contributed by atoms with Crippen LogP contribution in [-0.4, -0.2) is 0 Å². The van der Waals surface area contributed by atoms with Crippen LogP contribution in [-0.2, 0) is 0 Å². The standard InChI is InChI=1S/C9H14/c1-2-6-9-7-4-3-5-8-9/h4,6-7H,2-3,5,8H2,1H3. The molecule has 0 aromatic carbocycles. The molecule has 0 spiro atoms. The van der Waals surface area contributed by atoms with Crippen LogP contribution in [0, 0.1) is 0 Å². The summed E-state index contributed by atoms with van der Waals surface area (Å²) in [6.07, 6.45) is 11.9. The Kier molecular flexibility index (Phi) is 2.56. The Hall–Kier alpha value is -0.520. The Balaban J connectivity index is 2.49. The summed E-state index contributed by atoms with van der Waals surface area (Å²) < 4.78 is 0. The van der Waals surface area contributed by atoms with Crippen LogP contribution in [0.15, 0.2) is 23.8 Å². The molecule has 0 unspecified atom stereocenters. The van der Waals surface area contributed by atoms with E-state index in [0.717, 1.165) is 0 Å². The molecular weight excluding hydrogens is 108 g/mol. The second-order valence-corrected chi connectivity index (χ2v) is 2.48. The third-order valence-corrected chi connectivity index (χ3v) is 1.63. The molecule has 0 aromatic heterocycles. The zero-order chi connectivity index (χ0) is 6.53. The molecule has 0 saturated carbocycles. The van der Waals surface area contributed by atoms with Crippen molar-refractivity contribution < 1.29 is 0 Å². The Labute approximate surface area is 57.3 Å². The van der Waals surface area contributed by atoms with Crippen molar-refractivity contribution in [3.8, 4) is 0 Å². The Morgan fingerprint density at radius 2 is 2.56 bits per heavy atom. The van der Waals surface area contributed by atoms with Gasteiger partial charge >= 0.3 is 0 Å². The van der Waals surface area contributed by atoms with Gasteiger partial charge in [0.2, 0.25) is 0 Å². The van der Waals surface area contributed by atoms with Crippen molar-refractivity contribution in [3.05, 3.63) is 23.8 Å². The van der Waals surface area contributed by atoms with E-state index < -0.39 is 0 Å². The lowest BCUT2D eigenvalue weighted by Gasteiger charge is -2.05. The van der Waals surface area contributed by atoms with Gasteiger partial charge in [0.1, 0.15) is 0 Å². The maximum atomic E-state index is 2.32. The lowest BCUT2D eigenvalue weighted by molar-refractivity contribution is 0.816. The second kappa shape index (κ2) is 3.49. The van der Waals surface area contributed by atoms with Gasteiger partial charge in [-0.05, 0) is 25.7 Å². The molecule has 0 bridgehead atoms. The molecule has 0 amide bonds. The highest BCUT2D eigenvalue weighted by molar-refractivity contribution is 5.20. The SMILES string of the molecule is CCC=C1C=CCCC1. The summed E-state index contributed by atoms with van der Waals surface area (Å²) in [5.74, 6) is 0. The minimum absolute atomic E-state index is 1.18. The van der Waals surface area contributed by atoms with Gasteiger partial charge in [-0.1, -0.05) is 30.7 Å². The van der Waals surface area contributed by atoms with Crippen molar-refractivity contribution >= 4 is 0 Å². The first-order valence-electron chi connectivity index (χ1n) is 3.79. The summed E-state index contributed by atoms with van der Waals surface area (Å²) in [6.45, 7) is 2.19. The van der Waals surface area contributed by atoms with E-state index in [1.54, 1.807) is 0 Å². The van der Waals surface area contributed by atoms with Gasteiger partial charge in [-0.3, -0.25) is 0 Å². The van der Waals surface area contributed by atoms with E-state index in [1.807, 2.05) is 0 Å². The molecule has 50 valence electrons. The minimum atomic E-state index is 1.18. The van der Waals surface area contributed by atoms with Crippen molar-refractivity contribution in [3.63, 3.8) is 0 Å². The first kappa shape index (κ1) is 6.60. The van der Waals surface area contributed by atoms with Gasteiger partial charge in [0.05, 0.1) is 0 Å². The van der Waals surface area contributed by atoms with E-state index >= 15 is 0 Å². The molecule has 0 nitrogen and oxygen atoms in total.